The Morgan fingerprint density at radius 1 is 1.35 bits per heavy atom. The first-order valence-electron chi connectivity index (χ1n) is 5.22. The number of hydrogen-bond donors (Lipinski definition) is 2. The molecule has 4 nitrogen and oxygen atoms in total. The van der Waals surface area contributed by atoms with Crippen LogP contribution in [-0.2, 0) is 6.42 Å². The fraction of sp³-hybridized carbons (Fsp3) is 0.273. The SMILES string of the molecule is NCC(N)c1nc(Cc2ccccc2F)ns1. The van der Waals surface area contributed by atoms with Gasteiger partial charge in [0.2, 0.25) is 0 Å². The second-order valence-electron chi connectivity index (χ2n) is 3.66. The van der Waals surface area contributed by atoms with Crippen molar-refractivity contribution in [2.45, 2.75) is 12.5 Å². The second-order valence-corrected chi connectivity index (χ2v) is 4.44. The molecule has 0 aliphatic carbocycles. The Labute approximate surface area is 103 Å². The Balaban J connectivity index is 2.14. The first-order valence-corrected chi connectivity index (χ1v) is 5.99. The van der Waals surface area contributed by atoms with Crippen LogP contribution in [-0.4, -0.2) is 15.9 Å². The van der Waals surface area contributed by atoms with Gasteiger partial charge in [-0.15, -0.1) is 0 Å². The molecule has 0 aliphatic heterocycles. The topological polar surface area (TPSA) is 77.8 Å². The maximum absolute atomic E-state index is 13.4. The molecule has 6 heteroatoms. The Kier molecular flexibility index (Phi) is 3.78. The van der Waals surface area contributed by atoms with Gasteiger partial charge < -0.3 is 11.5 Å². The van der Waals surface area contributed by atoms with Gasteiger partial charge in [-0.1, -0.05) is 18.2 Å². The van der Waals surface area contributed by atoms with Crippen LogP contribution in [0.25, 0.3) is 0 Å². The van der Waals surface area contributed by atoms with Crippen molar-refractivity contribution in [2.24, 2.45) is 11.5 Å². The van der Waals surface area contributed by atoms with E-state index in [1.807, 2.05) is 0 Å². The number of nitrogens with two attached hydrogens (primary N) is 2. The maximum atomic E-state index is 13.4. The third-order valence-corrected chi connectivity index (χ3v) is 3.24. The van der Waals surface area contributed by atoms with Gasteiger partial charge in [-0.3, -0.25) is 0 Å². The van der Waals surface area contributed by atoms with Gasteiger partial charge in [0.1, 0.15) is 16.6 Å². The highest BCUT2D eigenvalue weighted by Gasteiger charge is 2.12. The summed E-state index contributed by atoms with van der Waals surface area (Å²) in [5.41, 5.74) is 11.8. The third kappa shape index (κ3) is 2.85. The van der Waals surface area contributed by atoms with Crippen molar-refractivity contribution < 1.29 is 4.39 Å². The summed E-state index contributed by atoms with van der Waals surface area (Å²) in [6, 6.07) is 6.30. The number of hydrogen-bond acceptors (Lipinski definition) is 5. The highest BCUT2D eigenvalue weighted by atomic mass is 32.1. The minimum Gasteiger partial charge on any atom is -0.329 e. The van der Waals surface area contributed by atoms with Crippen LogP contribution >= 0.6 is 11.5 Å². The van der Waals surface area contributed by atoms with Gasteiger partial charge in [0, 0.05) is 13.0 Å². The van der Waals surface area contributed by atoms with Crippen LogP contribution < -0.4 is 11.5 Å². The minimum absolute atomic E-state index is 0.244. The molecule has 0 saturated heterocycles. The predicted molar refractivity (Wildman–Crippen MR) is 65.1 cm³/mol. The Bertz CT molecular complexity index is 500. The number of nitrogens with zero attached hydrogens (tertiary/aromatic N) is 2. The van der Waals surface area contributed by atoms with Crippen LogP contribution in [0.1, 0.15) is 22.4 Å². The summed E-state index contributed by atoms with van der Waals surface area (Å²) in [5, 5.41) is 0.693. The van der Waals surface area contributed by atoms with Crippen molar-refractivity contribution in [2.75, 3.05) is 6.54 Å². The summed E-state index contributed by atoms with van der Waals surface area (Å²) in [4.78, 5) is 4.25. The highest BCUT2D eigenvalue weighted by molar-refractivity contribution is 7.05. The summed E-state index contributed by atoms with van der Waals surface area (Å²) in [6.45, 7) is 0.328. The van der Waals surface area contributed by atoms with E-state index >= 15 is 0 Å². The summed E-state index contributed by atoms with van der Waals surface area (Å²) in [7, 11) is 0. The lowest BCUT2D eigenvalue weighted by molar-refractivity contribution is 0.612. The summed E-state index contributed by atoms with van der Waals surface area (Å²) in [5.74, 6) is 0.339. The van der Waals surface area contributed by atoms with E-state index < -0.39 is 0 Å². The van der Waals surface area contributed by atoms with E-state index in [2.05, 4.69) is 9.36 Å². The van der Waals surface area contributed by atoms with E-state index in [-0.39, 0.29) is 11.9 Å². The van der Waals surface area contributed by atoms with Gasteiger partial charge in [0.15, 0.2) is 0 Å². The molecule has 90 valence electrons. The second kappa shape index (κ2) is 5.31. The molecule has 1 heterocycles. The fourth-order valence-corrected chi connectivity index (χ4v) is 2.08. The van der Waals surface area contributed by atoms with E-state index in [4.69, 9.17) is 11.5 Å². The lowest BCUT2D eigenvalue weighted by Gasteiger charge is -2.01. The molecule has 0 aliphatic rings. The van der Waals surface area contributed by atoms with Crippen LogP contribution in [0.5, 0.6) is 0 Å². The Morgan fingerprint density at radius 3 is 2.82 bits per heavy atom. The molecule has 1 aromatic heterocycles. The van der Waals surface area contributed by atoms with Crippen LogP contribution in [0, 0.1) is 5.82 Å². The molecule has 0 amide bonds. The van der Waals surface area contributed by atoms with Gasteiger partial charge in [-0.2, -0.15) is 4.37 Å². The van der Waals surface area contributed by atoms with Crippen molar-refractivity contribution in [3.8, 4) is 0 Å². The van der Waals surface area contributed by atoms with Crippen molar-refractivity contribution in [3.63, 3.8) is 0 Å². The molecule has 0 bridgehead atoms. The first-order chi connectivity index (χ1) is 8.20. The van der Waals surface area contributed by atoms with Gasteiger partial charge in [0.25, 0.3) is 0 Å². The molecule has 2 rings (SSSR count). The molecular weight excluding hydrogens is 239 g/mol. The molecule has 1 aromatic carbocycles. The average Bonchev–Trinajstić information content (AvgIpc) is 2.80. The monoisotopic (exact) mass is 252 g/mol. The number of aromatic nitrogens is 2. The molecule has 0 radical (unpaired) electrons. The molecule has 2 aromatic rings. The maximum Gasteiger partial charge on any atom is 0.147 e. The molecule has 17 heavy (non-hydrogen) atoms. The largest absolute Gasteiger partial charge is 0.329 e. The van der Waals surface area contributed by atoms with E-state index in [1.54, 1.807) is 18.2 Å². The molecule has 4 N–H and O–H groups in total. The minimum atomic E-state index is -0.290. The van der Waals surface area contributed by atoms with Crippen molar-refractivity contribution >= 4 is 11.5 Å². The van der Waals surface area contributed by atoms with Crippen molar-refractivity contribution in [1.82, 2.24) is 9.36 Å². The number of halogens is 1. The zero-order valence-corrected chi connectivity index (χ0v) is 9.95. The number of benzene rings is 1. The van der Waals surface area contributed by atoms with Crippen molar-refractivity contribution in [1.29, 1.82) is 0 Å². The first kappa shape index (κ1) is 12.1. The lowest BCUT2D eigenvalue weighted by Crippen LogP contribution is -2.20. The molecule has 0 spiro atoms. The summed E-state index contributed by atoms with van der Waals surface area (Å²) in [6.07, 6.45) is 0.375. The highest BCUT2D eigenvalue weighted by Crippen LogP contribution is 2.16. The van der Waals surface area contributed by atoms with E-state index in [0.717, 1.165) is 0 Å². The molecule has 1 atom stereocenters. The lowest BCUT2D eigenvalue weighted by atomic mass is 10.1. The van der Waals surface area contributed by atoms with Crippen molar-refractivity contribution in [3.05, 3.63) is 46.5 Å². The quantitative estimate of drug-likeness (QED) is 0.857. The van der Waals surface area contributed by atoms with Gasteiger partial charge >= 0.3 is 0 Å². The predicted octanol–water partition coefficient (Wildman–Crippen LogP) is 1.23. The van der Waals surface area contributed by atoms with Gasteiger partial charge in [-0.05, 0) is 23.2 Å². The number of rotatable bonds is 4. The average molecular weight is 252 g/mol. The van der Waals surface area contributed by atoms with E-state index in [1.165, 1.54) is 17.6 Å². The normalized spacial score (nSPS) is 12.6. The summed E-state index contributed by atoms with van der Waals surface area (Å²) >= 11 is 1.22. The third-order valence-electron chi connectivity index (χ3n) is 2.36. The van der Waals surface area contributed by atoms with Gasteiger partial charge in [0.05, 0.1) is 6.04 Å². The molecule has 1 unspecified atom stereocenters. The standard InChI is InChI=1S/C11H13FN4S/c12-8-4-2-1-3-7(8)5-10-15-11(17-16-10)9(14)6-13/h1-4,9H,5-6,13-14H2. The smallest absolute Gasteiger partial charge is 0.147 e. The van der Waals surface area contributed by atoms with E-state index in [9.17, 15) is 4.39 Å². The fourth-order valence-electron chi connectivity index (χ4n) is 1.40. The van der Waals surface area contributed by atoms with Crippen LogP contribution in [0.15, 0.2) is 24.3 Å². The Hall–Kier alpha value is -1.37. The molecule has 0 fully saturated rings. The van der Waals surface area contributed by atoms with Crippen LogP contribution in [0.3, 0.4) is 0 Å². The summed E-state index contributed by atoms with van der Waals surface area (Å²) < 4.78 is 17.6. The molecular formula is C11H13FN4S. The van der Waals surface area contributed by atoms with Gasteiger partial charge in [-0.25, -0.2) is 9.37 Å². The zero-order chi connectivity index (χ0) is 12.3. The Morgan fingerprint density at radius 2 is 2.12 bits per heavy atom. The van der Waals surface area contributed by atoms with Crippen LogP contribution in [0.2, 0.25) is 0 Å². The molecule has 0 saturated carbocycles. The zero-order valence-electron chi connectivity index (χ0n) is 9.14. The van der Waals surface area contributed by atoms with E-state index in [0.29, 0.717) is 29.4 Å². The van der Waals surface area contributed by atoms with Crippen LogP contribution in [0.4, 0.5) is 4.39 Å².